The van der Waals surface area contributed by atoms with Crippen LogP contribution in [0.1, 0.15) is 88.5 Å². The molecule has 4 rings (SSSR count). The average Bonchev–Trinajstić information content (AvgIpc) is 3.22. The predicted octanol–water partition coefficient (Wildman–Crippen LogP) is 10.1. The summed E-state index contributed by atoms with van der Waals surface area (Å²) in [7, 11) is 0. The summed E-state index contributed by atoms with van der Waals surface area (Å²) >= 11 is 0. The Balaban J connectivity index is 1.49. The largest absolute Gasteiger partial charge is 0.494 e. The molecule has 8 nitrogen and oxygen atoms in total. The summed E-state index contributed by atoms with van der Waals surface area (Å²) in [6.45, 7) is 19.2. The molecule has 0 saturated heterocycles. The van der Waals surface area contributed by atoms with E-state index < -0.39 is 0 Å². The summed E-state index contributed by atoms with van der Waals surface area (Å²) in [6, 6.07) is 34.1. The SMILES string of the molecule is CCOCC(COCC)(COCC)COCCCCOc1ccc(C(c2ccc(OCC)cc2)C(c2ccc(OCC)cc2)c2ccc(OCC)cc2)cc1. The van der Waals surface area contributed by atoms with Crippen LogP contribution in [0.5, 0.6) is 23.0 Å². The van der Waals surface area contributed by atoms with Crippen molar-refractivity contribution in [3.63, 3.8) is 0 Å². The number of benzene rings is 4. The van der Waals surface area contributed by atoms with Crippen LogP contribution in [0.4, 0.5) is 0 Å². The summed E-state index contributed by atoms with van der Waals surface area (Å²) in [4.78, 5) is 0. The molecule has 0 saturated carbocycles. The molecule has 8 heteroatoms. The van der Waals surface area contributed by atoms with Crippen molar-refractivity contribution in [2.45, 2.75) is 66.2 Å². The van der Waals surface area contributed by atoms with E-state index in [2.05, 4.69) is 97.1 Å². The van der Waals surface area contributed by atoms with Gasteiger partial charge in [-0.2, -0.15) is 0 Å². The lowest BCUT2D eigenvalue weighted by Gasteiger charge is -2.32. The van der Waals surface area contributed by atoms with Gasteiger partial charge in [-0.25, -0.2) is 0 Å². The molecule has 0 spiro atoms. The van der Waals surface area contributed by atoms with Crippen molar-refractivity contribution in [2.24, 2.45) is 5.41 Å². The van der Waals surface area contributed by atoms with Crippen molar-refractivity contribution >= 4 is 0 Å². The third kappa shape index (κ3) is 13.9. The molecular weight excluding hydrogens is 693 g/mol. The molecule has 0 heterocycles. The highest BCUT2D eigenvalue weighted by Gasteiger charge is 2.32. The Hall–Kier alpha value is -4.08. The average molecular weight is 757 g/mol. The third-order valence-corrected chi connectivity index (χ3v) is 9.42. The molecule has 0 aliphatic rings. The molecule has 0 fully saturated rings. The Kier molecular flexibility index (Phi) is 19.4. The van der Waals surface area contributed by atoms with Crippen LogP contribution in [0.2, 0.25) is 0 Å². The van der Waals surface area contributed by atoms with E-state index in [9.17, 15) is 0 Å². The molecule has 4 aromatic rings. The molecule has 0 amide bonds. The molecule has 300 valence electrons. The van der Waals surface area contributed by atoms with E-state index in [1.54, 1.807) is 0 Å². The van der Waals surface area contributed by atoms with E-state index in [1.807, 2.05) is 41.5 Å². The zero-order valence-electron chi connectivity index (χ0n) is 34.1. The predicted molar refractivity (Wildman–Crippen MR) is 220 cm³/mol. The lowest BCUT2D eigenvalue weighted by Crippen LogP contribution is -2.42. The van der Waals surface area contributed by atoms with Gasteiger partial charge in [-0.1, -0.05) is 48.5 Å². The summed E-state index contributed by atoms with van der Waals surface area (Å²) < 4.78 is 47.3. The van der Waals surface area contributed by atoms with Gasteiger partial charge in [0, 0.05) is 38.3 Å². The second kappa shape index (κ2) is 24.4. The van der Waals surface area contributed by atoms with E-state index in [1.165, 1.54) is 22.3 Å². The fraction of sp³-hybridized carbons (Fsp3) is 0.489. The van der Waals surface area contributed by atoms with Gasteiger partial charge in [0.15, 0.2) is 0 Å². The van der Waals surface area contributed by atoms with Gasteiger partial charge >= 0.3 is 0 Å². The smallest absolute Gasteiger partial charge is 0.119 e. The van der Waals surface area contributed by atoms with Crippen molar-refractivity contribution in [3.05, 3.63) is 119 Å². The zero-order chi connectivity index (χ0) is 39.1. The minimum atomic E-state index is -0.317. The molecule has 0 aliphatic carbocycles. The second-order valence-corrected chi connectivity index (χ2v) is 13.6. The van der Waals surface area contributed by atoms with Crippen LogP contribution in [0, 0.1) is 5.41 Å². The van der Waals surface area contributed by atoms with Crippen LogP contribution in [0.25, 0.3) is 0 Å². The Labute approximate surface area is 330 Å². The summed E-state index contributed by atoms with van der Waals surface area (Å²) in [6.07, 6.45) is 1.77. The maximum atomic E-state index is 6.24. The van der Waals surface area contributed by atoms with Gasteiger partial charge in [-0.3, -0.25) is 0 Å². The molecule has 55 heavy (non-hydrogen) atoms. The van der Waals surface area contributed by atoms with Gasteiger partial charge < -0.3 is 37.9 Å². The monoisotopic (exact) mass is 756 g/mol. The van der Waals surface area contributed by atoms with Crippen LogP contribution in [0.15, 0.2) is 97.1 Å². The van der Waals surface area contributed by atoms with Gasteiger partial charge in [0.25, 0.3) is 0 Å². The fourth-order valence-corrected chi connectivity index (χ4v) is 6.73. The molecule has 4 aromatic carbocycles. The van der Waals surface area contributed by atoms with Crippen molar-refractivity contribution in [1.29, 1.82) is 0 Å². The van der Waals surface area contributed by atoms with E-state index >= 15 is 0 Å². The van der Waals surface area contributed by atoms with Crippen molar-refractivity contribution in [2.75, 3.05) is 79.3 Å². The first-order valence-corrected chi connectivity index (χ1v) is 20.2. The summed E-state index contributed by atoms with van der Waals surface area (Å²) in [5, 5.41) is 0. The highest BCUT2D eigenvalue weighted by Crippen LogP contribution is 2.44. The molecule has 1 unspecified atom stereocenters. The van der Waals surface area contributed by atoms with Gasteiger partial charge in [0.1, 0.15) is 23.0 Å². The molecule has 0 N–H and O–H groups in total. The minimum Gasteiger partial charge on any atom is -0.494 e. The van der Waals surface area contributed by atoms with Crippen LogP contribution >= 0.6 is 0 Å². The van der Waals surface area contributed by atoms with Crippen LogP contribution in [0.3, 0.4) is 0 Å². The first-order valence-electron chi connectivity index (χ1n) is 20.2. The quantitative estimate of drug-likeness (QED) is 0.0531. The summed E-state index contributed by atoms with van der Waals surface area (Å²) in [5.74, 6) is 3.43. The van der Waals surface area contributed by atoms with E-state index in [-0.39, 0.29) is 17.3 Å². The zero-order valence-corrected chi connectivity index (χ0v) is 34.1. The lowest BCUT2D eigenvalue weighted by atomic mass is 9.73. The van der Waals surface area contributed by atoms with Gasteiger partial charge in [0.05, 0.1) is 58.3 Å². The van der Waals surface area contributed by atoms with E-state index in [0.717, 1.165) is 35.8 Å². The first kappa shape index (κ1) is 43.6. The van der Waals surface area contributed by atoms with E-state index in [0.29, 0.717) is 79.3 Å². The van der Waals surface area contributed by atoms with Crippen LogP contribution in [-0.4, -0.2) is 79.3 Å². The topological polar surface area (TPSA) is 73.8 Å². The van der Waals surface area contributed by atoms with Crippen molar-refractivity contribution in [3.8, 4) is 23.0 Å². The number of ether oxygens (including phenoxy) is 8. The number of hydrogen-bond donors (Lipinski definition) is 0. The molecule has 1 atom stereocenters. The molecule has 0 bridgehead atoms. The number of unbranched alkanes of at least 4 members (excludes halogenated alkanes) is 1. The molecule has 0 aromatic heterocycles. The lowest BCUT2D eigenvalue weighted by molar-refractivity contribution is -0.103. The van der Waals surface area contributed by atoms with E-state index in [4.69, 9.17) is 37.9 Å². The third-order valence-electron chi connectivity index (χ3n) is 9.42. The first-order chi connectivity index (χ1) is 27.0. The minimum absolute atomic E-state index is 0.00180. The highest BCUT2D eigenvalue weighted by atomic mass is 16.5. The fourth-order valence-electron chi connectivity index (χ4n) is 6.73. The maximum absolute atomic E-state index is 6.24. The van der Waals surface area contributed by atoms with Crippen LogP contribution < -0.4 is 18.9 Å². The molecule has 0 radical (unpaired) electrons. The van der Waals surface area contributed by atoms with Gasteiger partial charge in [-0.15, -0.1) is 0 Å². The van der Waals surface area contributed by atoms with Gasteiger partial charge in [-0.05, 0) is 125 Å². The Bertz CT molecular complexity index is 1500. The van der Waals surface area contributed by atoms with Crippen molar-refractivity contribution in [1.82, 2.24) is 0 Å². The standard InChI is InChI=1S/C47H64O8/c1-7-48-33-47(34-49-8-2,35-50-9-3)36-51-31-13-14-32-55-44-29-21-40(22-30-44)46(39-19-27-43(28-20-39)54-12-6)45(37-15-23-41(24-16-37)52-10-4)38-17-25-42(26-18-38)53-11-5/h15-30,45-46H,7-14,31-36H2,1-6H3. The van der Waals surface area contributed by atoms with Gasteiger partial charge in [0.2, 0.25) is 0 Å². The summed E-state index contributed by atoms with van der Waals surface area (Å²) in [5.41, 5.74) is 4.45. The number of rotatable bonds is 28. The van der Waals surface area contributed by atoms with Crippen LogP contribution in [-0.2, 0) is 18.9 Å². The number of hydrogen-bond acceptors (Lipinski definition) is 8. The maximum Gasteiger partial charge on any atom is 0.119 e. The Morgan fingerprint density at radius 2 is 0.636 bits per heavy atom. The molecular formula is C47H64O8. The second-order valence-electron chi connectivity index (χ2n) is 13.6. The highest BCUT2D eigenvalue weighted by molar-refractivity contribution is 5.48. The Morgan fingerprint density at radius 1 is 0.345 bits per heavy atom. The van der Waals surface area contributed by atoms with Crippen molar-refractivity contribution < 1.29 is 37.9 Å². The molecule has 0 aliphatic heterocycles. The normalized spacial score (nSPS) is 12.1. The Morgan fingerprint density at radius 3 is 0.945 bits per heavy atom.